The lowest BCUT2D eigenvalue weighted by molar-refractivity contribution is 1.38. The highest BCUT2D eigenvalue weighted by atomic mass is 79.9. The van der Waals surface area contributed by atoms with E-state index in [9.17, 15) is 0 Å². The molecule has 0 bridgehead atoms. The molecule has 0 saturated heterocycles. The molecule has 94 valence electrons. The van der Waals surface area contributed by atoms with Crippen LogP contribution in [0.1, 0.15) is 5.56 Å². The Morgan fingerprint density at radius 1 is 1.11 bits per heavy atom. The molecule has 0 aliphatic rings. The second-order valence-corrected chi connectivity index (χ2v) is 6.48. The average Bonchev–Trinajstić information content (AvgIpc) is 2.32. The van der Waals surface area contributed by atoms with Crippen molar-refractivity contribution in [3.8, 4) is 0 Å². The first-order valence-electron chi connectivity index (χ1n) is 5.18. The fourth-order valence-corrected chi connectivity index (χ4v) is 3.24. The summed E-state index contributed by atoms with van der Waals surface area (Å²) >= 11 is 17.1. The zero-order valence-electron chi connectivity index (χ0n) is 9.29. The standard InChI is InChI=1S/C13H10BrCl2NS/c14-9-1-4-13(12(17)6-9)18-7-8-5-10(15)2-3-11(8)16/h1-6H,7,17H2. The van der Waals surface area contributed by atoms with Gasteiger partial charge in [0.2, 0.25) is 0 Å². The van der Waals surface area contributed by atoms with E-state index in [1.54, 1.807) is 17.8 Å². The van der Waals surface area contributed by atoms with Crippen LogP contribution >= 0.6 is 50.9 Å². The minimum absolute atomic E-state index is 0.693. The first-order valence-corrected chi connectivity index (χ1v) is 7.71. The van der Waals surface area contributed by atoms with Crippen LogP contribution in [-0.2, 0) is 5.75 Å². The van der Waals surface area contributed by atoms with Gasteiger partial charge in [0.15, 0.2) is 0 Å². The Hall–Kier alpha value is -0.350. The quantitative estimate of drug-likeness (QED) is 0.565. The molecule has 2 rings (SSSR count). The Morgan fingerprint density at radius 2 is 1.89 bits per heavy atom. The second kappa shape index (κ2) is 6.20. The van der Waals surface area contributed by atoms with Crippen molar-refractivity contribution in [2.24, 2.45) is 0 Å². The van der Waals surface area contributed by atoms with E-state index >= 15 is 0 Å². The number of anilines is 1. The van der Waals surface area contributed by atoms with Crippen LogP contribution in [0.15, 0.2) is 45.8 Å². The Kier molecular flexibility index (Phi) is 4.84. The van der Waals surface area contributed by atoms with Crippen LogP contribution < -0.4 is 5.73 Å². The van der Waals surface area contributed by atoms with Gasteiger partial charge in [0.25, 0.3) is 0 Å². The number of benzene rings is 2. The molecule has 2 N–H and O–H groups in total. The molecule has 5 heteroatoms. The van der Waals surface area contributed by atoms with Gasteiger partial charge in [-0.3, -0.25) is 0 Å². The molecule has 0 spiro atoms. The third-order valence-corrected chi connectivity index (χ3v) is 4.60. The smallest absolute Gasteiger partial charge is 0.0463 e. The van der Waals surface area contributed by atoms with Gasteiger partial charge in [0.05, 0.1) is 0 Å². The molecule has 0 unspecified atom stereocenters. The van der Waals surface area contributed by atoms with Crippen LogP contribution in [0.4, 0.5) is 5.69 Å². The van der Waals surface area contributed by atoms with E-state index in [1.807, 2.05) is 30.3 Å². The third kappa shape index (κ3) is 3.58. The Balaban J connectivity index is 2.13. The molecule has 0 aliphatic carbocycles. The lowest BCUT2D eigenvalue weighted by Gasteiger charge is -2.07. The lowest BCUT2D eigenvalue weighted by Crippen LogP contribution is -1.89. The number of nitrogen functional groups attached to an aromatic ring is 1. The summed E-state index contributed by atoms with van der Waals surface area (Å²) in [5, 5.41) is 1.42. The first-order chi connectivity index (χ1) is 8.56. The number of rotatable bonds is 3. The van der Waals surface area contributed by atoms with Crippen LogP contribution in [0.2, 0.25) is 10.0 Å². The summed E-state index contributed by atoms with van der Waals surface area (Å²) in [5.41, 5.74) is 7.71. The molecule has 0 saturated carbocycles. The molecule has 0 atom stereocenters. The van der Waals surface area contributed by atoms with Gasteiger partial charge in [0.1, 0.15) is 0 Å². The van der Waals surface area contributed by atoms with Crippen molar-refractivity contribution >= 4 is 56.6 Å². The molecule has 0 aromatic heterocycles. The Bertz CT molecular complexity index is 575. The molecule has 2 aromatic carbocycles. The van der Waals surface area contributed by atoms with Gasteiger partial charge in [-0.1, -0.05) is 39.1 Å². The van der Waals surface area contributed by atoms with Gasteiger partial charge in [-0.25, -0.2) is 0 Å². The number of hydrogen-bond acceptors (Lipinski definition) is 2. The molecule has 0 heterocycles. The monoisotopic (exact) mass is 361 g/mol. The third-order valence-electron chi connectivity index (χ3n) is 2.36. The molecular weight excluding hydrogens is 353 g/mol. The minimum atomic E-state index is 0.693. The molecule has 2 aromatic rings. The van der Waals surface area contributed by atoms with Crippen LogP contribution in [0.3, 0.4) is 0 Å². The van der Waals surface area contributed by atoms with E-state index < -0.39 is 0 Å². The van der Waals surface area contributed by atoms with Crippen molar-refractivity contribution < 1.29 is 0 Å². The van der Waals surface area contributed by atoms with Crippen molar-refractivity contribution in [1.29, 1.82) is 0 Å². The van der Waals surface area contributed by atoms with E-state index in [4.69, 9.17) is 28.9 Å². The number of halogens is 3. The van der Waals surface area contributed by atoms with Gasteiger partial charge in [-0.15, -0.1) is 11.8 Å². The normalized spacial score (nSPS) is 10.6. The highest BCUT2D eigenvalue weighted by molar-refractivity contribution is 9.10. The molecule has 0 fully saturated rings. The van der Waals surface area contributed by atoms with E-state index in [-0.39, 0.29) is 0 Å². The maximum atomic E-state index is 6.12. The summed E-state index contributed by atoms with van der Waals surface area (Å²) in [7, 11) is 0. The van der Waals surface area contributed by atoms with E-state index in [2.05, 4.69) is 15.9 Å². The summed E-state index contributed by atoms with van der Waals surface area (Å²) in [4.78, 5) is 1.04. The number of thioether (sulfide) groups is 1. The molecular formula is C13H10BrCl2NS. The SMILES string of the molecule is Nc1cc(Br)ccc1SCc1cc(Cl)ccc1Cl. The van der Waals surface area contributed by atoms with Gasteiger partial charge < -0.3 is 5.73 Å². The molecule has 18 heavy (non-hydrogen) atoms. The highest BCUT2D eigenvalue weighted by Crippen LogP contribution is 2.32. The molecule has 0 amide bonds. The second-order valence-electron chi connectivity index (χ2n) is 3.71. The topological polar surface area (TPSA) is 26.0 Å². The highest BCUT2D eigenvalue weighted by Gasteiger charge is 2.05. The van der Waals surface area contributed by atoms with Crippen molar-refractivity contribution in [1.82, 2.24) is 0 Å². The van der Waals surface area contributed by atoms with Crippen LogP contribution in [0, 0.1) is 0 Å². The van der Waals surface area contributed by atoms with Gasteiger partial charge in [0, 0.05) is 30.9 Å². The summed E-state index contributed by atoms with van der Waals surface area (Å²) in [6, 6.07) is 11.3. The predicted molar refractivity (Wildman–Crippen MR) is 84.6 cm³/mol. The maximum absolute atomic E-state index is 6.12. The van der Waals surface area contributed by atoms with Crippen LogP contribution in [0.5, 0.6) is 0 Å². The van der Waals surface area contributed by atoms with Crippen molar-refractivity contribution in [3.05, 3.63) is 56.5 Å². The Morgan fingerprint density at radius 3 is 2.61 bits per heavy atom. The number of hydrogen-bond donors (Lipinski definition) is 1. The van der Waals surface area contributed by atoms with Crippen molar-refractivity contribution in [3.63, 3.8) is 0 Å². The van der Waals surface area contributed by atoms with E-state index in [0.717, 1.165) is 31.4 Å². The zero-order chi connectivity index (χ0) is 13.1. The molecule has 0 aliphatic heterocycles. The first kappa shape index (κ1) is 14.1. The minimum Gasteiger partial charge on any atom is -0.398 e. The van der Waals surface area contributed by atoms with Crippen molar-refractivity contribution in [2.45, 2.75) is 10.6 Å². The van der Waals surface area contributed by atoms with Crippen LogP contribution in [0.25, 0.3) is 0 Å². The van der Waals surface area contributed by atoms with Gasteiger partial charge in [-0.05, 0) is 42.0 Å². The maximum Gasteiger partial charge on any atom is 0.0463 e. The van der Waals surface area contributed by atoms with Crippen LogP contribution in [-0.4, -0.2) is 0 Å². The largest absolute Gasteiger partial charge is 0.398 e. The fraction of sp³-hybridized carbons (Fsp3) is 0.0769. The van der Waals surface area contributed by atoms with Gasteiger partial charge in [-0.2, -0.15) is 0 Å². The van der Waals surface area contributed by atoms with E-state index in [1.165, 1.54) is 0 Å². The summed E-state index contributed by atoms with van der Waals surface area (Å²) in [5.74, 6) is 0.741. The molecule has 0 radical (unpaired) electrons. The van der Waals surface area contributed by atoms with Crippen molar-refractivity contribution in [2.75, 3.05) is 5.73 Å². The summed E-state index contributed by atoms with van der Waals surface area (Å²) < 4.78 is 0.977. The molecule has 1 nitrogen and oxygen atoms in total. The zero-order valence-corrected chi connectivity index (χ0v) is 13.2. The number of nitrogens with two attached hydrogens (primary N) is 1. The summed E-state index contributed by atoms with van der Waals surface area (Å²) in [6.07, 6.45) is 0. The lowest BCUT2D eigenvalue weighted by atomic mass is 10.2. The van der Waals surface area contributed by atoms with E-state index in [0.29, 0.717) is 5.02 Å². The van der Waals surface area contributed by atoms with Gasteiger partial charge >= 0.3 is 0 Å². The predicted octanol–water partition coefficient (Wildman–Crippen LogP) is 5.63. The average molecular weight is 363 g/mol. The Labute approximate surface area is 129 Å². The summed E-state index contributed by atoms with van der Waals surface area (Å²) in [6.45, 7) is 0. The fourth-order valence-electron chi connectivity index (χ4n) is 1.46.